The summed E-state index contributed by atoms with van der Waals surface area (Å²) >= 11 is 1.55. The SMILES string of the molecule is Cc1ccc(C(=O)[C@H](O)[C@H](O)[C@H](O)[C@H](O)CO)cc1Cc1ccc(-c2ccc(F)cc2)s1. The van der Waals surface area contributed by atoms with Crippen LogP contribution in [0.1, 0.15) is 26.4 Å². The Morgan fingerprint density at radius 1 is 0.969 bits per heavy atom. The summed E-state index contributed by atoms with van der Waals surface area (Å²) < 4.78 is 13.2. The Bertz CT molecular complexity index is 1060. The van der Waals surface area contributed by atoms with Crippen LogP contribution in [0.3, 0.4) is 0 Å². The maximum atomic E-state index is 13.2. The molecule has 4 atom stereocenters. The first-order valence-electron chi connectivity index (χ1n) is 10.0. The van der Waals surface area contributed by atoms with Crippen molar-refractivity contribution in [3.05, 3.63) is 82.0 Å². The molecule has 0 unspecified atom stereocenters. The highest BCUT2D eigenvalue weighted by molar-refractivity contribution is 7.15. The van der Waals surface area contributed by atoms with Crippen LogP contribution in [-0.2, 0) is 6.42 Å². The summed E-state index contributed by atoms with van der Waals surface area (Å²) in [7, 11) is 0. The summed E-state index contributed by atoms with van der Waals surface area (Å²) in [4.78, 5) is 14.7. The number of carbonyl (C=O) groups is 1. The molecule has 5 N–H and O–H groups in total. The largest absolute Gasteiger partial charge is 0.394 e. The maximum absolute atomic E-state index is 13.2. The minimum absolute atomic E-state index is 0.151. The minimum Gasteiger partial charge on any atom is -0.394 e. The molecule has 1 aromatic heterocycles. The maximum Gasteiger partial charge on any atom is 0.194 e. The van der Waals surface area contributed by atoms with Crippen molar-refractivity contribution < 1.29 is 34.7 Å². The van der Waals surface area contributed by atoms with Gasteiger partial charge in [0.1, 0.15) is 30.2 Å². The van der Waals surface area contributed by atoms with Crippen LogP contribution in [0.5, 0.6) is 0 Å². The number of hydrogen-bond acceptors (Lipinski definition) is 7. The Morgan fingerprint density at radius 3 is 2.31 bits per heavy atom. The van der Waals surface area contributed by atoms with Gasteiger partial charge in [0.2, 0.25) is 0 Å². The molecule has 0 radical (unpaired) electrons. The first kappa shape index (κ1) is 24.2. The number of hydrogen-bond donors (Lipinski definition) is 5. The van der Waals surface area contributed by atoms with Gasteiger partial charge in [-0.1, -0.05) is 24.3 Å². The molecule has 0 aliphatic carbocycles. The molecule has 0 saturated carbocycles. The van der Waals surface area contributed by atoms with Crippen LogP contribution < -0.4 is 0 Å². The first-order valence-corrected chi connectivity index (χ1v) is 10.8. The number of aryl methyl sites for hydroxylation is 1. The summed E-state index contributed by atoms with van der Waals surface area (Å²) in [6.07, 6.45) is -6.95. The van der Waals surface area contributed by atoms with Crippen molar-refractivity contribution >= 4 is 17.1 Å². The van der Waals surface area contributed by atoms with E-state index in [4.69, 9.17) is 5.11 Å². The van der Waals surface area contributed by atoms with Crippen LogP contribution in [0, 0.1) is 12.7 Å². The van der Waals surface area contributed by atoms with Crippen LogP contribution in [-0.4, -0.2) is 62.3 Å². The van der Waals surface area contributed by atoms with Crippen molar-refractivity contribution in [1.82, 2.24) is 0 Å². The Balaban J connectivity index is 1.77. The highest BCUT2D eigenvalue weighted by Crippen LogP contribution is 2.30. The Kier molecular flexibility index (Phi) is 7.89. The zero-order chi connectivity index (χ0) is 23.4. The fourth-order valence-electron chi connectivity index (χ4n) is 3.29. The van der Waals surface area contributed by atoms with E-state index in [0.29, 0.717) is 6.42 Å². The molecule has 0 bridgehead atoms. The molecule has 0 spiro atoms. The molecule has 6 nitrogen and oxygen atoms in total. The lowest BCUT2D eigenvalue weighted by Crippen LogP contribution is -2.48. The third-order valence-electron chi connectivity index (χ3n) is 5.31. The molecule has 0 amide bonds. The smallest absolute Gasteiger partial charge is 0.194 e. The van der Waals surface area contributed by atoms with E-state index < -0.39 is 36.8 Å². The standard InChI is InChI=1S/C24H25FO6S/c1-13-2-3-15(21(28)23(30)24(31)22(29)19(27)12-26)10-16(13)11-18-8-9-20(32-18)14-4-6-17(25)7-5-14/h2-10,19,22-24,26-27,29-31H,11-12H2,1H3/t19-,22-,23+,24-/m1/s1. The molecule has 0 saturated heterocycles. The highest BCUT2D eigenvalue weighted by atomic mass is 32.1. The van der Waals surface area contributed by atoms with Crippen molar-refractivity contribution in [3.63, 3.8) is 0 Å². The van der Waals surface area contributed by atoms with Crippen molar-refractivity contribution in [1.29, 1.82) is 0 Å². The minimum atomic E-state index is -1.96. The van der Waals surface area contributed by atoms with Gasteiger partial charge in [0.15, 0.2) is 5.78 Å². The second kappa shape index (κ2) is 10.4. The van der Waals surface area contributed by atoms with E-state index in [2.05, 4.69) is 0 Å². The summed E-state index contributed by atoms with van der Waals surface area (Å²) in [5.74, 6) is -1.10. The van der Waals surface area contributed by atoms with E-state index >= 15 is 0 Å². The normalized spacial score (nSPS) is 15.2. The Morgan fingerprint density at radius 2 is 1.66 bits per heavy atom. The fourth-order valence-corrected chi connectivity index (χ4v) is 4.33. The molecule has 0 aliphatic rings. The van der Waals surface area contributed by atoms with Crippen LogP contribution >= 0.6 is 11.3 Å². The summed E-state index contributed by atoms with van der Waals surface area (Å²) in [6, 6.07) is 15.0. The molecule has 1 heterocycles. The predicted molar refractivity (Wildman–Crippen MR) is 119 cm³/mol. The van der Waals surface area contributed by atoms with Crippen molar-refractivity contribution in [2.75, 3.05) is 6.61 Å². The lowest BCUT2D eigenvalue weighted by molar-refractivity contribution is -0.105. The fraction of sp³-hybridized carbons (Fsp3) is 0.292. The van der Waals surface area contributed by atoms with Crippen LogP contribution in [0.15, 0.2) is 54.6 Å². The van der Waals surface area contributed by atoms with E-state index in [-0.39, 0.29) is 11.4 Å². The lowest BCUT2D eigenvalue weighted by Gasteiger charge is -2.25. The summed E-state index contributed by atoms with van der Waals surface area (Å²) in [5.41, 5.74) is 2.84. The zero-order valence-electron chi connectivity index (χ0n) is 17.4. The van der Waals surface area contributed by atoms with Gasteiger partial charge in [-0.05, 0) is 53.9 Å². The average Bonchev–Trinajstić information content (AvgIpc) is 3.26. The number of benzene rings is 2. The number of ketones is 1. The second-order valence-electron chi connectivity index (χ2n) is 7.63. The van der Waals surface area contributed by atoms with Crippen molar-refractivity contribution in [2.45, 2.75) is 37.8 Å². The lowest BCUT2D eigenvalue weighted by atomic mass is 9.93. The molecule has 32 heavy (non-hydrogen) atoms. The molecular formula is C24H25FO6S. The molecule has 0 aliphatic heterocycles. The van der Waals surface area contributed by atoms with Gasteiger partial charge in [0, 0.05) is 21.7 Å². The van der Waals surface area contributed by atoms with Gasteiger partial charge in [0.05, 0.1) is 6.61 Å². The third-order valence-corrected chi connectivity index (χ3v) is 6.45. The highest BCUT2D eigenvalue weighted by Gasteiger charge is 2.34. The van der Waals surface area contributed by atoms with E-state index in [1.54, 1.807) is 35.6 Å². The van der Waals surface area contributed by atoms with Gasteiger partial charge < -0.3 is 25.5 Å². The number of aliphatic hydroxyl groups excluding tert-OH is 5. The number of halogens is 1. The predicted octanol–water partition coefficient (Wildman–Crippen LogP) is 2.07. The molecule has 170 valence electrons. The topological polar surface area (TPSA) is 118 Å². The van der Waals surface area contributed by atoms with Gasteiger partial charge in [-0.15, -0.1) is 11.3 Å². The third kappa shape index (κ3) is 5.47. The number of thiophene rings is 1. The van der Waals surface area contributed by atoms with E-state index in [0.717, 1.165) is 26.4 Å². The van der Waals surface area contributed by atoms with E-state index in [9.17, 15) is 29.6 Å². The van der Waals surface area contributed by atoms with Gasteiger partial charge >= 0.3 is 0 Å². The number of aliphatic hydroxyl groups is 5. The quantitative estimate of drug-likeness (QED) is 0.312. The molecule has 3 aromatic rings. The van der Waals surface area contributed by atoms with Crippen LogP contribution in [0.25, 0.3) is 10.4 Å². The second-order valence-corrected chi connectivity index (χ2v) is 8.80. The zero-order valence-corrected chi connectivity index (χ0v) is 18.2. The van der Waals surface area contributed by atoms with Gasteiger partial charge in [-0.3, -0.25) is 4.79 Å². The van der Waals surface area contributed by atoms with Gasteiger partial charge in [-0.2, -0.15) is 0 Å². The molecule has 2 aromatic carbocycles. The number of Topliss-reactive ketones (excluding diaryl/α,β-unsaturated/α-hetero) is 1. The molecular weight excluding hydrogens is 435 g/mol. The van der Waals surface area contributed by atoms with Crippen LogP contribution in [0.2, 0.25) is 0 Å². The van der Waals surface area contributed by atoms with Crippen molar-refractivity contribution in [3.8, 4) is 10.4 Å². The average molecular weight is 461 g/mol. The molecule has 3 rings (SSSR count). The molecule has 0 fully saturated rings. The number of carbonyl (C=O) groups excluding carboxylic acids is 1. The Hall–Kier alpha value is -2.46. The van der Waals surface area contributed by atoms with Crippen molar-refractivity contribution in [2.24, 2.45) is 0 Å². The Labute approximate surface area is 188 Å². The van der Waals surface area contributed by atoms with E-state index in [1.165, 1.54) is 18.2 Å². The van der Waals surface area contributed by atoms with Gasteiger partial charge in [0.25, 0.3) is 0 Å². The van der Waals surface area contributed by atoms with Gasteiger partial charge in [-0.25, -0.2) is 4.39 Å². The number of rotatable bonds is 9. The summed E-state index contributed by atoms with van der Waals surface area (Å²) in [6.45, 7) is 1.07. The molecule has 8 heteroatoms. The van der Waals surface area contributed by atoms with E-state index in [1.807, 2.05) is 19.1 Å². The monoisotopic (exact) mass is 460 g/mol. The first-order chi connectivity index (χ1) is 15.2. The van der Waals surface area contributed by atoms with Crippen LogP contribution in [0.4, 0.5) is 4.39 Å². The summed E-state index contributed by atoms with van der Waals surface area (Å²) in [5, 5.41) is 48.3.